The molecular weight excluding hydrogens is 352 g/mol. The lowest BCUT2D eigenvalue weighted by Crippen LogP contribution is -2.34. The molecule has 5 nitrogen and oxygen atoms in total. The van der Waals surface area contributed by atoms with E-state index < -0.39 is 34.5 Å². The van der Waals surface area contributed by atoms with Crippen LogP contribution in [0.25, 0.3) is 10.9 Å². The first-order valence-corrected chi connectivity index (χ1v) is 7.59. The third-order valence-corrected chi connectivity index (χ3v) is 3.72. The zero-order valence-electron chi connectivity index (χ0n) is 13.5. The Kier molecular flexibility index (Phi) is 4.41. The second-order valence-electron chi connectivity index (χ2n) is 5.72. The normalized spacial score (nSPS) is 13.0. The maximum absolute atomic E-state index is 13.3. The number of halogens is 4. The van der Waals surface area contributed by atoms with Crippen LogP contribution < -0.4 is 16.7 Å². The number of fused-ring (bicyclic) bond motifs is 1. The summed E-state index contributed by atoms with van der Waals surface area (Å²) < 4.78 is 53.8. The van der Waals surface area contributed by atoms with Crippen LogP contribution in [-0.2, 0) is 6.18 Å². The van der Waals surface area contributed by atoms with Gasteiger partial charge < -0.3 is 5.73 Å². The summed E-state index contributed by atoms with van der Waals surface area (Å²) in [4.78, 5) is 16.9. The molecular formula is C17H14F4N4O. The largest absolute Gasteiger partial charge is 0.417 e. The number of rotatable bonds is 3. The van der Waals surface area contributed by atoms with Gasteiger partial charge in [-0.25, -0.2) is 14.1 Å². The van der Waals surface area contributed by atoms with Gasteiger partial charge >= 0.3 is 6.18 Å². The van der Waals surface area contributed by atoms with E-state index in [9.17, 15) is 22.4 Å². The quantitative estimate of drug-likeness (QED) is 0.697. The lowest BCUT2D eigenvalue weighted by Gasteiger charge is -2.19. The molecule has 0 aliphatic heterocycles. The number of anilines is 1. The number of nitrogens with one attached hydrogen (secondary N) is 1. The topological polar surface area (TPSA) is 72.9 Å². The maximum Gasteiger partial charge on any atom is 0.417 e. The molecule has 0 aliphatic rings. The van der Waals surface area contributed by atoms with Crippen molar-refractivity contribution in [2.24, 2.45) is 5.73 Å². The van der Waals surface area contributed by atoms with Crippen molar-refractivity contribution in [1.29, 1.82) is 0 Å². The molecule has 2 aromatic carbocycles. The highest BCUT2D eigenvalue weighted by molar-refractivity contribution is 5.82. The molecule has 136 valence electrons. The summed E-state index contributed by atoms with van der Waals surface area (Å²) in [6, 6.07) is 7.55. The molecule has 0 radical (unpaired) electrons. The van der Waals surface area contributed by atoms with Crippen LogP contribution in [0.3, 0.4) is 0 Å². The molecule has 0 amide bonds. The van der Waals surface area contributed by atoms with Crippen molar-refractivity contribution >= 4 is 16.6 Å². The van der Waals surface area contributed by atoms with Crippen molar-refractivity contribution in [3.05, 3.63) is 70.0 Å². The molecule has 26 heavy (non-hydrogen) atoms. The predicted octanol–water partition coefficient (Wildman–Crippen LogP) is 3.45. The van der Waals surface area contributed by atoms with E-state index in [1.54, 1.807) is 6.92 Å². The van der Waals surface area contributed by atoms with Crippen molar-refractivity contribution in [2.75, 3.05) is 5.43 Å². The minimum absolute atomic E-state index is 0.0474. The fourth-order valence-corrected chi connectivity index (χ4v) is 2.55. The molecule has 1 heterocycles. The van der Waals surface area contributed by atoms with Gasteiger partial charge in [-0.3, -0.25) is 10.2 Å². The summed E-state index contributed by atoms with van der Waals surface area (Å²) in [5.41, 5.74) is 6.64. The Balaban J connectivity index is 2.29. The summed E-state index contributed by atoms with van der Waals surface area (Å²) in [5.74, 6) is -0.447. The molecule has 0 saturated heterocycles. The van der Waals surface area contributed by atoms with Gasteiger partial charge in [0.25, 0.3) is 5.56 Å². The number of hydrogen-bond donors (Lipinski definition) is 2. The highest BCUT2D eigenvalue weighted by Gasteiger charge is 2.34. The van der Waals surface area contributed by atoms with Gasteiger partial charge in [0, 0.05) is 0 Å². The van der Waals surface area contributed by atoms with Crippen molar-refractivity contribution in [1.82, 2.24) is 9.66 Å². The first-order valence-electron chi connectivity index (χ1n) is 7.59. The molecule has 3 rings (SSSR count). The Hall–Kier alpha value is -2.94. The monoisotopic (exact) mass is 366 g/mol. The first kappa shape index (κ1) is 17.9. The SMILES string of the molecule is CC(N)c1nc2cccc(C(F)(F)F)c2c(=O)n1Nc1ccc(F)cc1. The van der Waals surface area contributed by atoms with Crippen LogP contribution in [0.15, 0.2) is 47.3 Å². The first-order chi connectivity index (χ1) is 12.2. The average Bonchev–Trinajstić information content (AvgIpc) is 2.57. The van der Waals surface area contributed by atoms with Crippen LogP contribution in [0.2, 0.25) is 0 Å². The van der Waals surface area contributed by atoms with E-state index in [1.807, 2.05) is 0 Å². The molecule has 0 fully saturated rings. The Morgan fingerprint density at radius 2 is 1.81 bits per heavy atom. The van der Waals surface area contributed by atoms with Crippen LogP contribution >= 0.6 is 0 Å². The highest BCUT2D eigenvalue weighted by Crippen LogP contribution is 2.33. The van der Waals surface area contributed by atoms with E-state index in [4.69, 9.17) is 5.73 Å². The van der Waals surface area contributed by atoms with Crippen molar-refractivity contribution in [2.45, 2.75) is 19.1 Å². The van der Waals surface area contributed by atoms with Crippen molar-refractivity contribution in [3.8, 4) is 0 Å². The smallest absolute Gasteiger partial charge is 0.322 e. The van der Waals surface area contributed by atoms with E-state index >= 15 is 0 Å². The number of aromatic nitrogens is 2. The molecule has 0 bridgehead atoms. The Morgan fingerprint density at radius 3 is 2.38 bits per heavy atom. The number of nitrogens with zero attached hydrogens (tertiary/aromatic N) is 2. The van der Waals surface area contributed by atoms with Gasteiger partial charge in [0.1, 0.15) is 11.6 Å². The van der Waals surface area contributed by atoms with E-state index in [-0.39, 0.29) is 11.3 Å². The molecule has 0 aliphatic carbocycles. The molecule has 1 atom stereocenters. The van der Waals surface area contributed by atoms with Crippen LogP contribution in [0.4, 0.5) is 23.2 Å². The number of hydrogen-bond acceptors (Lipinski definition) is 4. The number of benzene rings is 2. The summed E-state index contributed by atoms with van der Waals surface area (Å²) in [6.07, 6.45) is -4.72. The standard InChI is InChI=1S/C17H14F4N4O/c1-9(22)15-23-13-4-2-3-12(17(19,20)21)14(13)16(26)25(15)24-11-7-5-10(18)6-8-11/h2-9,24H,22H2,1H3. The van der Waals surface area contributed by atoms with Crippen LogP contribution in [0.5, 0.6) is 0 Å². The fourth-order valence-electron chi connectivity index (χ4n) is 2.55. The summed E-state index contributed by atoms with van der Waals surface area (Å²) in [5, 5.41) is -0.570. The summed E-state index contributed by atoms with van der Waals surface area (Å²) >= 11 is 0. The van der Waals surface area contributed by atoms with Crippen molar-refractivity contribution in [3.63, 3.8) is 0 Å². The van der Waals surface area contributed by atoms with Crippen LogP contribution in [-0.4, -0.2) is 9.66 Å². The number of nitrogens with two attached hydrogens (primary N) is 1. The van der Waals surface area contributed by atoms with Crippen LogP contribution in [0, 0.1) is 5.82 Å². The molecule has 0 saturated carbocycles. The lowest BCUT2D eigenvalue weighted by atomic mass is 10.1. The van der Waals surface area contributed by atoms with Gasteiger partial charge in [0.15, 0.2) is 0 Å². The zero-order valence-corrected chi connectivity index (χ0v) is 13.5. The van der Waals surface area contributed by atoms with Gasteiger partial charge in [-0.1, -0.05) is 6.07 Å². The molecule has 3 N–H and O–H groups in total. The molecule has 3 aromatic rings. The second-order valence-corrected chi connectivity index (χ2v) is 5.72. The second kappa shape index (κ2) is 6.41. The number of alkyl halides is 3. The predicted molar refractivity (Wildman–Crippen MR) is 89.0 cm³/mol. The van der Waals surface area contributed by atoms with Gasteiger partial charge in [0.2, 0.25) is 0 Å². The minimum atomic E-state index is -4.72. The highest BCUT2D eigenvalue weighted by atomic mass is 19.4. The van der Waals surface area contributed by atoms with Gasteiger partial charge in [-0.05, 0) is 43.3 Å². The van der Waals surface area contributed by atoms with E-state index in [2.05, 4.69) is 10.4 Å². The van der Waals surface area contributed by atoms with Gasteiger partial charge in [-0.15, -0.1) is 0 Å². The van der Waals surface area contributed by atoms with E-state index in [0.717, 1.165) is 22.9 Å². The van der Waals surface area contributed by atoms with Gasteiger partial charge in [-0.2, -0.15) is 13.2 Å². The molecule has 1 aromatic heterocycles. The Labute approximate surface area is 145 Å². The molecule has 1 unspecified atom stereocenters. The van der Waals surface area contributed by atoms with E-state index in [0.29, 0.717) is 5.69 Å². The van der Waals surface area contributed by atoms with Crippen molar-refractivity contribution < 1.29 is 17.6 Å². The molecule has 0 spiro atoms. The van der Waals surface area contributed by atoms with E-state index in [1.165, 1.54) is 24.3 Å². The Morgan fingerprint density at radius 1 is 1.15 bits per heavy atom. The van der Waals surface area contributed by atoms with Crippen LogP contribution in [0.1, 0.15) is 24.4 Å². The average molecular weight is 366 g/mol. The zero-order chi connectivity index (χ0) is 19.1. The fraction of sp³-hybridized carbons (Fsp3) is 0.176. The maximum atomic E-state index is 13.3. The summed E-state index contributed by atoms with van der Waals surface area (Å²) in [6.45, 7) is 1.55. The third kappa shape index (κ3) is 3.25. The summed E-state index contributed by atoms with van der Waals surface area (Å²) in [7, 11) is 0. The lowest BCUT2D eigenvalue weighted by molar-refractivity contribution is -0.136. The molecule has 9 heteroatoms. The minimum Gasteiger partial charge on any atom is -0.322 e. The third-order valence-electron chi connectivity index (χ3n) is 3.72. The Bertz CT molecular complexity index is 1010. The van der Waals surface area contributed by atoms with Gasteiger partial charge in [0.05, 0.1) is 28.2 Å².